The van der Waals surface area contributed by atoms with Crippen molar-refractivity contribution in [2.75, 3.05) is 18.4 Å². The number of thioether (sulfide) groups is 1. The molecule has 1 saturated heterocycles. The van der Waals surface area contributed by atoms with Crippen molar-refractivity contribution in [1.29, 1.82) is 0 Å². The first kappa shape index (κ1) is 19.3. The summed E-state index contributed by atoms with van der Waals surface area (Å²) < 4.78 is 1.97. The Balaban J connectivity index is 2.10. The number of carbonyl (C=O) groups excluding carboxylic acids is 1. The molecular formula is C19H20N4O2S2. The summed E-state index contributed by atoms with van der Waals surface area (Å²) in [6.45, 7) is 8.74. The van der Waals surface area contributed by atoms with Crippen molar-refractivity contribution >= 4 is 51.7 Å². The first-order valence-corrected chi connectivity index (χ1v) is 9.76. The van der Waals surface area contributed by atoms with Crippen LogP contribution >= 0.6 is 24.0 Å². The van der Waals surface area contributed by atoms with Crippen LogP contribution in [-0.2, 0) is 4.79 Å². The maximum Gasteiger partial charge on any atom is 0.267 e. The lowest BCUT2D eigenvalue weighted by atomic mass is 10.2. The minimum absolute atomic E-state index is 0.175. The van der Waals surface area contributed by atoms with Gasteiger partial charge in [0.15, 0.2) is 0 Å². The fraction of sp³-hybridized carbons (Fsp3) is 0.263. The third-order valence-electron chi connectivity index (χ3n) is 3.88. The van der Waals surface area contributed by atoms with Gasteiger partial charge in [0.1, 0.15) is 15.8 Å². The molecule has 140 valence electrons. The molecule has 2 aromatic heterocycles. The van der Waals surface area contributed by atoms with E-state index in [-0.39, 0.29) is 11.5 Å². The molecule has 1 N–H and O–H groups in total. The summed E-state index contributed by atoms with van der Waals surface area (Å²) in [5, 5.41) is 3.09. The molecule has 0 atom stereocenters. The molecular weight excluding hydrogens is 380 g/mol. The maximum absolute atomic E-state index is 13.0. The zero-order valence-corrected chi connectivity index (χ0v) is 16.8. The molecule has 1 aliphatic rings. The summed E-state index contributed by atoms with van der Waals surface area (Å²) in [5.74, 6) is 0.538. The molecule has 27 heavy (non-hydrogen) atoms. The van der Waals surface area contributed by atoms with Gasteiger partial charge in [0.2, 0.25) is 0 Å². The van der Waals surface area contributed by atoms with Crippen molar-refractivity contribution in [3.63, 3.8) is 0 Å². The molecule has 0 aliphatic carbocycles. The van der Waals surface area contributed by atoms with Crippen molar-refractivity contribution in [2.24, 2.45) is 5.92 Å². The Morgan fingerprint density at radius 1 is 1.37 bits per heavy atom. The molecule has 1 fully saturated rings. The molecule has 1 aliphatic heterocycles. The molecule has 0 bridgehead atoms. The van der Waals surface area contributed by atoms with Crippen LogP contribution in [0.4, 0.5) is 5.82 Å². The maximum atomic E-state index is 13.0. The summed E-state index contributed by atoms with van der Waals surface area (Å²) in [6, 6.07) is 5.33. The molecule has 0 aromatic carbocycles. The third-order valence-corrected chi connectivity index (χ3v) is 5.26. The van der Waals surface area contributed by atoms with E-state index in [0.717, 1.165) is 0 Å². The zero-order chi connectivity index (χ0) is 19.6. The van der Waals surface area contributed by atoms with Crippen LogP contribution in [0, 0.1) is 5.92 Å². The number of thiocarbonyl (C=S) groups is 1. The number of anilines is 1. The van der Waals surface area contributed by atoms with Crippen LogP contribution in [0.25, 0.3) is 11.7 Å². The first-order chi connectivity index (χ1) is 12.9. The fourth-order valence-corrected chi connectivity index (χ4v) is 3.95. The molecule has 0 saturated carbocycles. The smallest absolute Gasteiger partial charge is 0.267 e. The number of fused-ring (bicyclic) bond motifs is 1. The second kappa shape index (κ2) is 8.06. The van der Waals surface area contributed by atoms with Gasteiger partial charge in [-0.1, -0.05) is 50.0 Å². The molecule has 0 radical (unpaired) electrons. The van der Waals surface area contributed by atoms with Gasteiger partial charge in [0, 0.05) is 19.3 Å². The first-order valence-electron chi connectivity index (χ1n) is 8.54. The molecule has 2 aromatic rings. The van der Waals surface area contributed by atoms with E-state index in [2.05, 4.69) is 16.9 Å². The molecule has 6 nitrogen and oxygen atoms in total. The van der Waals surface area contributed by atoms with Crippen LogP contribution in [-0.4, -0.2) is 37.6 Å². The Morgan fingerprint density at radius 2 is 2.15 bits per heavy atom. The van der Waals surface area contributed by atoms with E-state index in [0.29, 0.717) is 45.3 Å². The van der Waals surface area contributed by atoms with E-state index in [1.165, 1.54) is 16.2 Å². The highest BCUT2D eigenvalue weighted by molar-refractivity contribution is 8.26. The standard InChI is InChI=1S/C19H20N4O2S2/c1-4-8-20-16-13(17(24)22-9-6-5-7-15(22)21-16)10-14-18(25)23(11-12(2)3)19(26)27-14/h4-7,9-10,12,20H,1,8,11H2,2-3H3/b14-10+. The van der Waals surface area contributed by atoms with Crippen molar-refractivity contribution in [1.82, 2.24) is 14.3 Å². The number of nitrogens with one attached hydrogen (secondary N) is 1. The van der Waals surface area contributed by atoms with Crippen LogP contribution < -0.4 is 10.9 Å². The number of pyridine rings is 1. The van der Waals surface area contributed by atoms with Gasteiger partial charge in [-0.2, -0.15) is 0 Å². The summed E-state index contributed by atoms with van der Waals surface area (Å²) in [7, 11) is 0. The minimum Gasteiger partial charge on any atom is -0.366 e. The van der Waals surface area contributed by atoms with Gasteiger partial charge in [-0.05, 0) is 24.1 Å². The monoisotopic (exact) mass is 400 g/mol. The molecule has 3 heterocycles. The molecule has 3 rings (SSSR count). The van der Waals surface area contributed by atoms with Crippen molar-refractivity contribution in [3.8, 4) is 0 Å². The van der Waals surface area contributed by atoms with E-state index < -0.39 is 0 Å². The topological polar surface area (TPSA) is 66.7 Å². The highest BCUT2D eigenvalue weighted by Gasteiger charge is 2.32. The van der Waals surface area contributed by atoms with Gasteiger partial charge in [-0.15, -0.1) is 6.58 Å². The van der Waals surface area contributed by atoms with Gasteiger partial charge in [0.25, 0.3) is 11.5 Å². The lowest BCUT2D eigenvalue weighted by Gasteiger charge is -2.16. The highest BCUT2D eigenvalue weighted by Crippen LogP contribution is 2.33. The zero-order valence-electron chi connectivity index (χ0n) is 15.1. The number of aromatic nitrogens is 2. The van der Waals surface area contributed by atoms with Crippen LogP contribution in [0.15, 0.2) is 46.8 Å². The average Bonchev–Trinajstić information content (AvgIpc) is 2.89. The quantitative estimate of drug-likeness (QED) is 0.456. The molecule has 0 spiro atoms. The van der Waals surface area contributed by atoms with Crippen molar-refractivity contribution in [2.45, 2.75) is 13.8 Å². The largest absolute Gasteiger partial charge is 0.366 e. The van der Waals surface area contributed by atoms with E-state index in [1.54, 1.807) is 35.4 Å². The van der Waals surface area contributed by atoms with Gasteiger partial charge >= 0.3 is 0 Å². The van der Waals surface area contributed by atoms with Crippen LogP contribution in [0.1, 0.15) is 19.4 Å². The lowest BCUT2D eigenvalue weighted by Crippen LogP contribution is -2.31. The summed E-state index contributed by atoms with van der Waals surface area (Å²) in [5.41, 5.74) is 0.602. The summed E-state index contributed by atoms with van der Waals surface area (Å²) in [6.07, 6.45) is 4.92. The van der Waals surface area contributed by atoms with Gasteiger partial charge in [-0.25, -0.2) is 4.98 Å². The third kappa shape index (κ3) is 3.96. The Hall–Kier alpha value is -2.45. The number of rotatable bonds is 6. The lowest BCUT2D eigenvalue weighted by molar-refractivity contribution is -0.122. The van der Waals surface area contributed by atoms with E-state index in [1.807, 2.05) is 19.9 Å². The molecule has 1 amide bonds. The Bertz CT molecular complexity index is 1010. The van der Waals surface area contributed by atoms with E-state index in [4.69, 9.17) is 12.2 Å². The van der Waals surface area contributed by atoms with E-state index >= 15 is 0 Å². The Labute approximate surface area is 167 Å². The second-order valence-corrected chi connectivity index (χ2v) is 8.14. The van der Waals surface area contributed by atoms with Crippen LogP contribution in [0.2, 0.25) is 0 Å². The summed E-state index contributed by atoms with van der Waals surface area (Å²) >= 11 is 6.55. The summed E-state index contributed by atoms with van der Waals surface area (Å²) in [4.78, 5) is 32.3. The number of nitrogens with zero attached hydrogens (tertiary/aromatic N) is 3. The number of amides is 1. The molecule has 0 unspecified atom stereocenters. The van der Waals surface area contributed by atoms with Crippen molar-refractivity contribution < 1.29 is 4.79 Å². The normalized spacial score (nSPS) is 16.0. The van der Waals surface area contributed by atoms with Crippen LogP contribution in [0.3, 0.4) is 0 Å². The van der Waals surface area contributed by atoms with Gasteiger partial charge < -0.3 is 5.32 Å². The Morgan fingerprint density at radius 3 is 2.85 bits per heavy atom. The SMILES string of the molecule is C=CCNc1nc2ccccn2c(=O)c1/C=C1/SC(=S)N(CC(C)C)C1=O. The average molecular weight is 401 g/mol. The predicted octanol–water partition coefficient (Wildman–Crippen LogP) is 3.15. The number of carbonyl (C=O) groups is 1. The highest BCUT2D eigenvalue weighted by atomic mass is 32.2. The minimum atomic E-state index is -0.249. The van der Waals surface area contributed by atoms with E-state index in [9.17, 15) is 9.59 Å². The predicted molar refractivity (Wildman–Crippen MR) is 115 cm³/mol. The van der Waals surface area contributed by atoms with Gasteiger partial charge in [0.05, 0.1) is 10.5 Å². The Kier molecular flexibility index (Phi) is 5.76. The number of hydrogen-bond donors (Lipinski definition) is 1. The molecule has 8 heteroatoms. The fourth-order valence-electron chi connectivity index (χ4n) is 2.69. The van der Waals surface area contributed by atoms with Crippen molar-refractivity contribution in [3.05, 3.63) is 57.9 Å². The van der Waals surface area contributed by atoms with Gasteiger partial charge in [-0.3, -0.25) is 18.9 Å². The second-order valence-electron chi connectivity index (χ2n) is 6.46. The number of hydrogen-bond acceptors (Lipinski definition) is 6. The van der Waals surface area contributed by atoms with Crippen LogP contribution in [0.5, 0.6) is 0 Å².